The number of aromatic nitrogens is 3. The number of pyridine rings is 1. The average Bonchev–Trinajstić information content (AvgIpc) is 3.39. The molecule has 0 unspecified atom stereocenters. The second-order valence-electron chi connectivity index (χ2n) is 8.03. The fourth-order valence-corrected chi connectivity index (χ4v) is 4.61. The first-order chi connectivity index (χ1) is 14.2. The second kappa shape index (κ2) is 7.12. The van der Waals surface area contributed by atoms with Gasteiger partial charge in [0.2, 0.25) is 0 Å². The van der Waals surface area contributed by atoms with Gasteiger partial charge in [-0.2, -0.15) is 5.10 Å². The fourth-order valence-electron chi connectivity index (χ4n) is 4.61. The Morgan fingerprint density at radius 3 is 2.48 bits per heavy atom. The summed E-state index contributed by atoms with van der Waals surface area (Å²) in [6.07, 6.45) is 11.8. The molecule has 6 heteroatoms. The van der Waals surface area contributed by atoms with Crippen molar-refractivity contribution in [2.45, 2.75) is 50.7 Å². The van der Waals surface area contributed by atoms with E-state index in [1.54, 1.807) is 17.1 Å². The molecule has 2 aliphatic rings. The number of nitrogens with zero attached hydrogens (tertiary/aromatic N) is 4. The summed E-state index contributed by atoms with van der Waals surface area (Å²) in [4.78, 5) is 4.13. The summed E-state index contributed by atoms with van der Waals surface area (Å²) in [6.45, 7) is 0. The van der Waals surface area contributed by atoms with Crippen molar-refractivity contribution < 1.29 is 10.3 Å². The number of hydrogen-bond donors (Lipinski definition) is 2. The van der Waals surface area contributed by atoms with E-state index in [1.807, 2.05) is 30.5 Å². The lowest BCUT2D eigenvalue weighted by molar-refractivity contribution is -0.0793. The molecule has 0 radical (unpaired) electrons. The third-order valence-electron chi connectivity index (χ3n) is 6.23. The van der Waals surface area contributed by atoms with Crippen LogP contribution in [0.4, 0.5) is 0 Å². The van der Waals surface area contributed by atoms with Gasteiger partial charge in [0.15, 0.2) is 5.72 Å². The SMILES string of the molecule is ON=C1CCc2cc(-c3cn(C4(O)CCCCC4)nc3-c3ccncc3)ccc21. The highest BCUT2D eigenvalue weighted by Crippen LogP contribution is 2.38. The molecule has 1 saturated carbocycles. The van der Waals surface area contributed by atoms with Gasteiger partial charge in [-0.3, -0.25) is 4.98 Å². The maximum absolute atomic E-state index is 11.2. The number of rotatable bonds is 3. The molecule has 0 bridgehead atoms. The maximum Gasteiger partial charge on any atom is 0.157 e. The van der Waals surface area contributed by atoms with Crippen molar-refractivity contribution in [3.63, 3.8) is 0 Å². The lowest BCUT2D eigenvalue weighted by Crippen LogP contribution is -2.35. The Kier molecular flexibility index (Phi) is 4.43. The van der Waals surface area contributed by atoms with Gasteiger partial charge in [0, 0.05) is 35.3 Å². The quantitative estimate of drug-likeness (QED) is 0.516. The Balaban J connectivity index is 1.64. The lowest BCUT2D eigenvalue weighted by Gasteiger charge is -2.32. The number of fused-ring (bicyclic) bond motifs is 1. The first-order valence-corrected chi connectivity index (χ1v) is 10.3. The van der Waals surface area contributed by atoms with Crippen LogP contribution in [0.15, 0.2) is 54.1 Å². The van der Waals surface area contributed by atoms with Gasteiger partial charge in [-0.15, -0.1) is 0 Å². The van der Waals surface area contributed by atoms with Crippen LogP contribution in [0.3, 0.4) is 0 Å². The van der Waals surface area contributed by atoms with E-state index < -0.39 is 5.72 Å². The van der Waals surface area contributed by atoms with E-state index in [0.29, 0.717) is 0 Å². The van der Waals surface area contributed by atoms with Crippen LogP contribution < -0.4 is 0 Å². The van der Waals surface area contributed by atoms with Gasteiger partial charge < -0.3 is 10.3 Å². The Bertz CT molecular complexity index is 1070. The molecule has 0 spiro atoms. The zero-order valence-corrected chi connectivity index (χ0v) is 16.3. The van der Waals surface area contributed by atoms with Crippen LogP contribution in [-0.4, -0.2) is 30.8 Å². The van der Waals surface area contributed by atoms with Gasteiger partial charge in [0.05, 0.1) is 5.71 Å². The van der Waals surface area contributed by atoms with Crippen LogP contribution in [0.1, 0.15) is 49.7 Å². The van der Waals surface area contributed by atoms with Gasteiger partial charge in [-0.1, -0.05) is 29.8 Å². The predicted molar refractivity (Wildman–Crippen MR) is 111 cm³/mol. The van der Waals surface area contributed by atoms with Gasteiger partial charge in [0.25, 0.3) is 0 Å². The first kappa shape index (κ1) is 18.1. The molecule has 1 aromatic carbocycles. The van der Waals surface area contributed by atoms with E-state index in [4.69, 9.17) is 5.10 Å². The molecule has 29 heavy (non-hydrogen) atoms. The van der Waals surface area contributed by atoms with Gasteiger partial charge in [-0.05, 0) is 61.8 Å². The molecule has 2 N–H and O–H groups in total. The molecular weight excluding hydrogens is 364 g/mol. The van der Waals surface area contributed by atoms with Crippen LogP contribution in [0, 0.1) is 0 Å². The zero-order chi connectivity index (χ0) is 19.8. The van der Waals surface area contributed by atoms with E-state index >= 15 is 0 Å². The third kappa shape index (κ3) is 3.13. The highest BCUT2D eigenvalue weighted by Gasteiger charge is 2.33. The number of benzene rings is 1. The average molecular weight is 388 g/mol. The van der Waals surface area contributed by atoms with Crippen molar-refractivity contribution >= 4 is 5.71 Å². The molecule has 1 fully saturated rings. The smallest absolute Gasteiger partial charge is 0.157 e. The van der Waals surface area contributed by atoms with Crippen molar-refractivity contribution in [1.82, 2.24) is 14.8 Å². The molecule has 2 heterocycles. The van der Waals surface area contributed by atoms with Crippen LogP contribution in [0.2, 0.25) is 0 Å². The number of aliphatic hydroxyl groups is 1. The molecular formula is C23H24N4O2. The second-order valence-corrected chi connectivity index (χ2v) is 8.03. The van der Waals surface area contributed by atoms with E-state index in [0.717, 1.165) is 78.6 Å². The van der Waals surface area contributed by atoms with Crippen LogP contribution in [0.25, 0.3) is 22.4 Å². The molecule has 0 atom stereocenters. The Hall–Kier alpha value is -2.99. The Labute approximate surface area is 169 Å². The van der Waals surface area contributed by atoms with Crippen LogP contribution >= 0.6 is 0 Å². The summed E-state index contributed by atoms with van der Waals surface area (Å²) in [5.41, 5.74) is 5.89. The predicted octanol–water partition coefficient (Wildman–Crippen LogP) is 4.35. The molecule has 5 rings (SSSR count). The van der Waals surface area contributed by atoms with Gasteiger partial charge in [-0.25, -0.2) is 4.68 Å². The van der Waals surface area contributed by atoms with Crippen molar-refractivity contribution in [1.29, 1.82) is 0 Å². The minimum Gasteiger partial charge on any atom is -0.411 e. The van der Waals surface area contributed by atoms with E-state index in [1.165, 1.54) is 5.56 Å². The third-order valence-corrected chi connectivity index (χ3v) is 6.23. The first-order valence-electron chi connectivity index (χ1n) is 10.3. The summed E-state index contributed by atoms with van der Waals surface area (Å²) in [5.74, 6) is 0. The summed E-state index contributed by atoms with van der Waals surface area (Å²) in [6, 6.07) is 10.1. The highest BCUT2D eigenvalue weighted by molar-refractivity contribution is 6.04. The zero-order valence-electron chi connectivity index (χ0n) is 16.3. The molecule has 6 nitrogen and oxygen atoms in total. The lowest BCUT2D eigenvalue weighted by atomic mass is 9.92. The Morgan fingerprint density at radius 2 is 1.72 bits per heavy atom. The summed E-state index contributed by atoms with van der Waals surface area (Å²) >= 11 is 0. The number of hydrogen-bond acceptors (Lipinski definition) is 5. The van der Waals surface area contributed by atoms with E-state index in [9.17, 15) is 10.3 Å². The summed E-state index contributed by atoms with van der Waals surface area (Å²) in [7, 11) is 0. The van der Waals surface area contributed by atoms with Gasteiger partial charge >= 0.3 is 0 Å². The monoisotopic (exact) mass is 388 g/mol. The summed E-state index contributed by atoms with van der Waals surface area (Å²) in [5, 5.41) is 28.7. The molecule has 2 aromatic heterocycles. The standard InChI is InChI=1S/C23H24N4O2/c28-23(10-2-1-3-11-23)27-15-20(22(25-27)16-8-12-24-13-9-16)18-4-6-19-17(14-18)5-7-21(19)26-29/h4,6,8-9,12-15,28-29H,1-3,5,7,10-11H2. The fraction of sp³-hybridized carbons (Fsp3) is 0.348. The van der Waals surface area contributed by atoms with Crippen molar-refractivity contribution in [2.24, 2.45) is 5.16 Å². The molecule has 2 aliphatic carbocycles. The molecule has 0 aliphatic heterocycles. The van der Waals surface area contributed by atoms with E-state index in [2.05, 4.69) is 16.2 Å². The molecule has 148 valence electrons. The van der Waals surface area contributed by atoms with Crippen LogP contribution in [-0.2, 0) is 12.1 Å². The number of aryl methyl sites for hydroxylation is 1. The van der Waals surface area contributed by atoms with Crippen LogP contribution in [0.5, 0.6) is 0 Å². The minimum absolute atomic E-state index is 0.727. The topological polar surface area (TPSA) is 83.5 Å². The molecule has 0 saturated heterocycles. The Morgan fingerprint density at radius 1 is 0.931 bits per heavy atom. The van der Waals surface area contributed by atoms with E-state index in [-0.39, 0.29) is 0 Å². The molecule has 3 aromatic rings. The summed E-state index contributed by atoms with van der Waals surface area (Å²) < 4.78 is 1.77. The largest absolute Gasteiger partial charge is 0.411 e. The minimum atomic E-state index is -0.925. The normalized spacial score (nSPS) is 19.4. The molecule has 0 amide bonds. The van der Waals surface area contributed by atoms with Crippen molar-refractivity contribution in [3.8, 4) is 22.4 Å². The maximum atomic E-state index is 11.2. The van der Waals surface area contributed by atoms with Gasteiger partial charge in [0.1, 0.15) is 5.69 Å². The highest BCUT2D eigenvalue weighted by atomic mass is 16.4. The number of oxime groups is 1. The van der Waals surface area contributed by atoms with Crippen molar-refractivity contribution in [3.05, 3.63) is 60.0 Å². The van der Waals surface area contributed by atoms with Crippen molar-refractivity contribution in [2.75, 3.05) is 0 Å².